The van der Waals surface area contributed by atoms with Crippen LogP contribution < -0.4 is 5.32 Å². The Morgan fingerprint density at radius 3 is 2.73 bits per heavy atom. The van der Waals surface area contributed by atoms with E-state index in [1.54, 1.807) is 0 Å². The van der Waals surface area contributed by atoms with E-state index in [4.69, 9.17) is 11.6 Å². The maximum atomic E-state index is 13.4. The zero-order valence-corrected chi connectivity index (χ0v) is 17.7. The number of aliphatic hydroxyl groups is 1. The van der Waals surface area contributed by atoms with Gasteiger partial charge in [-0.1, -0.05) is 17.7 Å². The fraction of sp³-hybridized carbons (Fsp3) is 0.381. The molecule has 2 unspecified atom stereocenters. The topological polar surface area (TPSA) is 86.7 Å². The van der Waals surface area contributed by atoms with E-state index >= 15 is 0 Å². The zero-order chi connectivity index (χ0) is 21.5. The first kappa shape index (κ1) is 21.2. The van der Waals surface area contributed by atoms with Crippen molar-refractivity contribution < 1.29 is 22.7 Å². The number of carbonyl (C=O) groups is 1. The highest BCUT2D eigenvalue weighted by atomic mass is 35.5. The number of anilines is 1. The normalized spacial score (nSPS) is 21.6. The maximum absolute atomic E-state index is 13.4. The minimum atomic E-state index is -3.86. The molecule has 2 fully saturated rings. The molecule has 0 radical (unpaired) electrons. The van der Waals surface area contributed by atoms with Crippen LogP contribution in [0.25, 0.3) is 0 Å². The van der Waals surface area contributed by atoms with Gasteiger partial charge >= 0.3 is 0 Å². The number of nitrogens with zero attached hydrogens (tertiary/aromatic N) is 1. The number of hydrogen-bond acceptors (Lipinski definition) is 4. The summed E-state index contributed by atoms with van der Waals surface area (Å²) in [5.41, 5.74) is 0.652. The molecule has 1 aliphatic heterocycles. The van der Waals surface area contributed by atoms with Crippen molar-refractivity contribution in [3.05, 3.63) is 58.4 Å². The van der Waals surface area contributed by atoms with Gasteiger partial charge in [-0.05, 0) is 67.5 Å². The standard InChI is InChI=1S/C21H22ClFN2O4S/c22-18-11-16(4-6-19(18)23)24-21(27)14-2-3-15(12-26)20(10-14)30(28,29)25-8-7-13-1-5-17(25)9-13/h2-4,6,10-11,13,17,26H,1,5,7-9,12H2,(H,24,27). The summed E-state index contributed by atoms with van der Waals surface area (Å²) in [6, 6.07) is 7.94. The molecule has 30 heavy (non-hydrogen) atoms. The molecule has 1 saturated carbocycles. The van der Waals surface area contributed by atoms with E-state index in [9.17, 15) is 22.7 Å². The lowest BCUT2D eigenvalue weighted by molar-refractivity contribution is 0.102. The summed E-state index contributed by atoms with van der Waals surface area (Å²) in [7, 11) is -3.86. The molecule has 2 N–H and O–H groups in total. The zero-order valence-electron chi connectivity index (χ0n) is 16.1. The Balaban J connectivity index is 1.64. The number of piperidine rings is 1. The molecule has 9 heteroatoms. The van der Waals surface area contributed by atoms with Crippen LogP contribution in [-0.2, 0) is 16.6 Å². The van der Waals surface area contributed by atoms with Crippen LogP contribution in [0.15, 0.2) is 41.3 Å². The van der Waals surface area contributed by atoms with Crippen LogP contribution in [0.2, 0.25) is 5.02 Å². The third-order valence-corrected chi connectivity index (χ3v) is 8.27. The second-order valence-corrected chi connectivity index (χ2v) is 10.1. The van der Waals surface area contributed by atoms with Crippen LogP contribution in [0.4, 0.5) is 10.1 Å². The predicted octanol–water partition coefficient (Wildman–Crippen LogP) is 3.79. The summed E-state index contributed by atoms with van der Waals surface area (Å²) in [5.74, 6) is -0.581. The van der Waals surface area contributed by atoms with Gasteiger partial charge in [0, 0.05) is 23.8 Å². The van der Waals surface area contributed by atoms with E-state index in [-0.39, 0.29) is 32.8 Å². The van der Waals surface area contributed by atoms with E-state index in [2.05, 4.69) is 5.32 Å². The Bertz CT molecular complexity index is 1090. The van der Waals surface area contributed by atoms with Crippen molar-refractivity contribution >= 4 is 33.2 Å². The Morgan fingerprint density at radius 2 is 2.00 bits per heavy atom. The number of benzene rings is 2. The number of aliphatic hydroxyl groups excluding tert-OH is 1. The van der Waals surface area contributed by atoms with Gasteiger partial charge in [-0.15, -0.1) is 0 Å². The lowest BCUT2D eigenvalue weighted by Crippen LogP contribution is -2.42. The second-order valence-electron chi connectivity index (χ2n) is 7.80. The molecule has 1 amide bonds. The van der Waals surface area contributed by atoms with Gasteiger partial charge < -0.3 is 10.4 Å². The molecule has 4 rings (SSSR count). The summed E-state index contributed by atoms with van der Waals surface area (Å²) in [5, 5.41) is 12.2. The highest BCUT2D eigenvalue weighted by molar-refractivity contribution is 7.89. The highest BCUT2D eigenvalue weighted by Gasteiger charge is 2.41. The molecule has 160 valence electrons. The molecular formula is C21H22ClFN2O4S. The van der Waals surface area contributed by atoms with Gasteiger partial charge in [0.15, 0.2) is 0 Å². The van der Waals surface area contributed by atoms with Crippen molar-refractivity contribution in [2.45, 2.75) is 43.2 Å². The molecule has 1 heterocycles. The van der Waals surface area contributed by atoms with Crippen molar-refractivity contribution in [3.8, 4) is 0 Å². The predicted molar refractivity (Wildman–Crippen MR) is 111 cm³/mol. The Hall–Kier alpha value is -2.00. The number of halogens is 2. The monoisotopic (exact) mass is 452 g/mol. The summed E-state index contributed by atoms with van der Waals surface area (Å²) < 4.78 is 41.6. The minimum Gasteiger partial charge on any atom is -0.392 e. The first-order valence-corrected chi connectivity index (χ1v) is 11.6. The molecule has 2 atom stereocenters. The average Bonchev–Trinajstić information content (AvgIpc) is 3.09. The fourth-order valence-corrected chi connectivity index (χ4v) is 6.45. The molecule has 2 aromatic rings. The minimum absolute atomic E-state index is 0.0286. The van der Waals surface area contributed by atoms with Crippen LogP contribution in [0.5, 0.6) is 0 Å². The van der Waals surface area contributed by atoms with Crippen molar-refractivity contribution in [1.29, 1.82) is 0 Å². The SMILES string of the molecule is O=C(Nc1ccc(F)c(Cl)c1)c1ccc(CO)c(S(=O)(=O)N2CCC3CCC2C3)c1. The molecule has 2 bridgehead atoms. The first-order chi connectivity index (χ1) is 14.3. The van der Waals surface area contributed by atoms with E-state index in [0.717, 1.165) is 31.7 Å². The molecule has 1 saturated heterocycles. The van der Waals surface area contributed by atoms with Crippen LogP contribution >= 0.6 is 11.6 Å². The van der Waals surface area contributed by atoms with Crippen molar-refractivity contribution in [1.82, 2.24) is 4.31 Å². The number of nitrogens with one attached hydrogen (secondary N) is 1. The smallest absolute Gasteiger partial charge is 0.255 e. The highest BCUT2D eigenvalue weighted by Crippen LogP contribution is 2.39. The van der Waals surface area contributed by atoms with Gasteiger partial charge in [-0.25, -0.2) is 12.8 Å². The second kappa shape index (κ2) is 8.26. The van der Waals surface area contributed by atoms with E-state index in [1.165, 1.54) is 34.6 Å². The largest absolute Gasteiger partial charge is 0.392 e. The number of sulfonamides is 1. The molecule has 2 aliphatic rings. The van der Waals surface area contributed by atoms with Gasteiger partial charge in [0.1, 0.15) is 5.82 Å². The van der Waals surface area contributed by atoms with E-state index in [1.807, 2.05) is 0 Å². The summed E-state index contributed by atoms with van der Waals surface area (Å²) in [6.45, 7) is -0.00178. The number of rotatable bonds is 5. The van der Waals surface area contributed by atoms with Gasteiger partial charge in [0.25, 0.3) is 5.91 Å². The van der Waals surface area contributed by atoms with Crippen LogP contribution in [0.3, 0.4) is 0 Å². The van der Waals surface area contributed by atoms with E-state index in [0.29, 0.717) is 12.5 Å². The first-order valence-electron chi connectivity index (χ1n) is 9.81. The van der Waals surface area contributed by atoms with E-state index < -0.39 is 28.4 Å². The summed E-state index contributed by atoms with van der Waals surface area (Å²) in [4.78, 5) is 12.6. The Kier molecular flexibility index (Phi) is 5.85. The summed E-state index contributed by atoms with van der Waals surface area (Å²) >= 11 is 5.75. The fourth-order valence-electron chi connectivity index (χ4n) is 4.35. The van der Waals surface area contributed by atoms with Gasteiger partial charge in [0.05, 0.1) is 16.5 Å². The average molecular weight is 453 g/mol. The van der Waals surface area contributed by atoms with Gasteiger partial charge in [-0.2, -0.15) is 4.31 Å². The molecule has 2 aromatic carbocycles. The van der Waals surface area contributed by atoms with Gasteiger partial charge in [-0.3, -0.25) is 4.79 Å². The van der Waals surface area contributed by atoms with Gasteiger partial charge in [0.2, 0.25) is 10.0 Å². The quantitative estimate of drug-likeness (QED) is 0.722. The lowest BCUT2D eigenvalue weighted by atomic mass is 10.0. The Labute approximate surface area is 179 Å². The number of carbonyl (C=O) groups excluding carboxylic acids is 1. The molecule has 1 aliphatic carbocycles. The molecule has 0 aromatic heterocycles. The lowest BCUT2D eigenvalue weighted by Gasteiger charge is -2.32. The van der Waals surface area contributed by atoms with Crippen molar-refractivity contribution in [2.24, 2.45) is 5.92 Å². The summed E-state index contributed by atoms with van der Waals surface area (Å²) in [6.07, 6.45) is 3.56. The van der Waals surface area contributed by atoms with Crippen LogP contribution in [0, 0.1) is 11.7 Å². The van der Waals surface area contributed by atoms with Crippen molar-refractivity contribution in [2.75, 3.05) is 11.9 Å². The third-order valence-electron chi connectivity index (χ3n) is 5.94. The number of hydrogen-bond donors (Lipinski definition) is 2. The maximum Gasteiger partial charge on any atom is 0.255 e. The number of fused-ring (bicyclic) bond motifs is 2. The van der Waals surface area contributed by atoms with Crippen LogP contribution in [0.1, 0.15) is 41.6 Å². The molecular weight excluding hydrogens is 431 g/mol. The molecule has 0 spiro atoms. The third kappa shape index (κ3) is 3.97. The van der Waals surface area contributed by atoms with Crippen molar-refractivity contribution in [3.63, 3.8) is 0 Å². The number of amides is 1. The van der Waals surface area contributed by atoms with Crippen LogP contribution in [-0.4, -0.2) is 36.3 Å². The molecule has 6 nitrogen and oxygen atoms in total. The Morgan fingerprint density at radius 1 is 1.20 bits per heavy atom.